The van der Waals surface area contributed by atoms with E-state index in [4.69, 9.17) is 14.2 Å². The molecule has 0 bridgehead atoms. The van der Waals surface area contributed by atoms with Crippen molar-refractivity contribution in [2.24, 2.45) is 13.0 Å². The molecule has 8 heteroatoms. The highest BCUT2D eigenvalue weighted by Gasteiger charge is 2.22. The van der Waals surface area contributed by atoms with Crippen molar-refractivity contribution in [3.63, 3.8) is 0 Å². The lowest BCUT2D eigenvalue weighted by molar-refractivity contribution is 0.0480. The van der Waals surface area contributed by atoms with E-state index in [0.717, 1.165) is 10.8 Å². The average Bonchev–Trinajstić information content (AvgIpc) is 2.79. The van der Waals surface area contributed by atoms with Gasteiger partial charge in [-0.25, -0.2) is 4.79 Å². The molecule has 37 heavy (non-hydrogen) atoms. The number of rotatable bonds is 9. The number of ether oxygens (including phenoxy) is 3. The van der Waals surface area contributed by atoms with Gasteiger partial charge in [0.15, 0.2) is 0 Å². The van der Waals surface area contributed by atoms with E-state index < -0.39 is 11.7 Å². The number of benzene rings is 1. The fraction of sp³-hybridized carbons (Fsp3) is 0.483. The zero-order chi connectivity index (χ0) is 27.5. The summed E-state index contributed by atoms with van der Waals surface area (Å²) in [7, 11) is 1.74. The predicted molar refractivity (Wildman–Crippen MR) is 148 cm³/mol. The number of alkyl carbamates (subject to hydrolysis) is 1. The summed E-state index contributed by atoms with van der Waals surface area (Å²) < 4.78 is 19.1. The third kappa shape index (κ3) is 6.61. The first kappa shape index (κ1) is 28.0. The number of carbonyl (C=O) groups is 1. The van der Waals surface area contributed by atoms with Crippen molar-refractivity contribution >= 4 is 33.5 Å². The van der Waals surface area contributed by atoms with Crippen LogP contribution in [0.25, 0.3) is 27.4 Å². The van der Waals surface area contributed by atoms with Gasteiger partial charge in [-0.15, -0.1) is 0 Å². The van der Waals surface area contributed by atoms with Gasteiger partial charge in [-0.1, -0.05) is 20.4 Å². The van der Waals surface area contributed by atoms with Crippen LogP contribution in [0.4, 0.5) is 4.79 Å². The van der Waals surface area contributed by atoms with Gasteiger partial charge in [-0.05, 0) is 64.5 Å². The van der Waals surface area contributed by atoms with Crippen LogP contribution in [0.1, 0.15) is 59.2 Å². The molecule has 0 aliphatic carbocycles. The van der Waals surface area contributed by atoms with Gasteiger partial charge in [0.2, 0.25) is 0 Å². The van der Waals surface area contributed by atoms with Gasteiger partial charge in [-0.3, -0.25) is 9.78 Å². The van der Waals surface area contributed by atoms with Crippen LogP contribution in [0.3, 0.4) is 0 Å². The van der Waals surface area contributed by atoms with Crippen LogP contribution in [-0.2, 0) is 16.5 Å². The fourth-order valence-electron chi connectivity index (χ4n) is 4.39. The summed E-state index contributed by atoms with van der Waals surface area (Å²) in [5.74, 6) is 1.31. The summed E-state index contributed by atoms with van der Waals surface area (Å²) >= 11 is 0. The van der Waals surface area contributed by atoms with Crippen molar-refractivity contribution < 1.29 is 19.0 Å². The number of hydrogen-bond donors (Lipinski definition) is 1. The summed E-state index contributed by atoms with van der Waals surface area (Å²) in [6.07, 6.45) is 1.91. The molecule has 3 rings (SSSR count). The van der Waals surface area contributed by atoms with E-state index in [2.05, 4.69) is 30.7 Å². The van der Waals surface area contributed by atoms with Crippen molar-refractivity contribution in [3.05, 3.63) is 52.6 Å². The molecule has 1 atom stereocenters. The maximum absolute atomic E-state index is 13.2. The van der Waals surface area contributed by atoms with Crippen molar-refractivity contribution in [1.29, 1.82) is 0 Å². The first-order chi connectivity index (χ1) is 17.3. The first-order valence-electron chi connectivity index (χ1n) is 12.7. The van der Waals surface area contributed by atoms with Crippen molar-refractivity contribution in [2.45, 2.75) is 66.5 Å². The molecule has 1 N–H and O–H groups in total. The maximum Gasteiger partial charge on any atom is 0.407 e. The molecule has 8 nitrogen and oxygen atoms in total. The molecule has 1 amide bonds. The lowest BCUT2D eigenvalue weighted by Gasteiger charge is -2.25. The van der Waals surface area contributed by atoms with E-state index >= 15 is 0 Å². The Hall–Kier alpha value is -3.55. The maximum atomic E-state index is 13.2. The second-order valence-electron chi connectivity index (χ2n) is 10.7. The highest BCUT2D eigenvalue weighted by Crippen LogP contribution is 2.34. The summed E-state index contributed by atoms with van der Waals surface area (Å²) in [6, 6.07) is 5.35. The van der Waals surface area contributed by atoms with Gasteiger partial charge < -0.3 is 24.1 Å². The molecule has 0 spiro atoms. The van der Waals surface area contributed by atoms with Gasteiger partial charge in [0.25, 0.3) is 5.56 Å². The number of pyridine rings is 2. The molecule has 2 heterocycles. The third-order valence-corrected chi connectivity index (χ3v) is 5.94. The van der Waals surface area contributed by atoms with Crippen LogP contribution in [0.5, 0.6) is 5.75 Å². The number of amides is 1. The number of aryl methyl sites for hydroxylation is 2. The van der Waals surface area contributed by atoms with Crippen LogP contribution in [-0.4, -0.2) is 40.5 Å². The number of nitrogens with zero attached hydrogens (tertiary/aromatic N) is 2. The van der Waals surface area contributed by atoms with Crippen LogP contribution in [0.2, 0.25) is 0 Å². The number of aromatic nitrogens is 2. The molecule has 3 aromatic rings. The Morgan fingerprint density at radius 1 is 1.22 bits per heavy atom. The summed E-state index contributed by atoms with van der Waals surface area (Å²) in [6.45, 7) is 18.1. The van der Waals surface area contributed by atoms with Crippen LogP contribution in [0, 0.1) is 12.8 Å². The van der Waals surface area contributed by atoms with Crippen molar-refractivity contribution in [3.8, 4) is 5.75 Å². The van der Waals surface area contributed by atoms with Crippen LogP contribution >= 0.6 is 0 Å². The van der Waals surface area contributed by atoms with E-state index in [0.29, 0.717) is 52.6 Å². The van der Waals surface area contributed by atoms with Gasteiger partial charge in [0.1, 0.15) is 23.7 Å². The molecule has 0 saturated carbocycles. The molecule has 0 aliphatic rings. The van der Waals surface area contributed by atoms with E-state index in [-0.39, 0.29) is 18.2 Å². The van der Waals surface area contributed by atoms with E-state index in [1.807, 2.05) is 52.8 Å². The van der Waals surface area contributed by atoms with Crippen LogP contribution in [0.15, 0.2) is 35.8 Å². The minimum absolute atomic E-state index is 0.125. The number of carbonyl (C=O) groups excluding carboxylic acids is 1. The molecule has 1 aromatic carbocycles. The van der Waals surface area contributed by atoms with Crippen molar-refractivity contribution in [2.75, 3.05) is 13.2 Å². The minimum atomic E-state index is -0.602. The molecule has 2 aromatic heterocycles. The Morgan fingerprint density at radius 2 is 1.92 bits per heavy atom. The van der Waals surface area contributed by atoms with Gasteiger partial charge >= 0.3 is 6.09 Å². The fourth-order valence-corrected chi connectivity index (χ4v) is 4.39. The Labute approximate surface area is 218 Å². The second-order valence-corrected chi connectivity index (χ2v) is 10.7. The normalized spacial score (nSPS) is 12.6. The lowest BCUT2D eigenvalue weighted by atomic mass is 10.0. The highest BCUT2D eigenvalue weighted by molar-refractivity contribution is 6.07. The van der Waals surface area contributed by atoms with E-state index in [9.17, 15) is 9.59 Å². The summed E-state index contributed by atoms with van der Waals surface area (Å²) in [5, 5.41) is 5.20. The molecule has 0 unspecified atom stereocenters. The molecule has 0 saturated heterocycles. The lowest BCUT2D eigenvalue weighted by Crippen LogP contribution is -2.42. The molecule has 200 valence electrons. The largest absolute Gasteiger partial charge is 0.494 e. The molecular formula is C29H39N3O5. The smallest absolute Gasteiger partial charge is 0.407 e. The van der Waals surface area contributed by atoms with Gasteiger partial charge in [0, 0.05) is 24.7 Å². The van der Waals surface area contributed by atoms with Crippen LogP contribution < -0.4 is 15.6 Å². The molecule has 0 fully saturated rings. The summed E-state index contributed by atoms with van der Waals surface area (Å²) in [4.78, 5) is 30.0. The average molecular weight is 510 g/mol. The van der Waals surface area contributed by atoms with Gasteiger partial charge in [0.05, 0.1) is 34.8 Å². The Bertz CT molecular complexity index is 1370. The Kier molecular flexibility index (Phi) is 8.51. The van der Waals surface area contributed by atoms with E-state index in [1.165, 1.54) is 0 Å². The second kappa shape index (κ2) is 11.2. The predicted octanol–water partition coefficient (Wildman–Crippen LogP) is 5.72. The minimum Gasteiger partial charge on any atom is -0.494 e. The summed E-state index contributed by atoms with van der Waals surface area (Å²) in [5.41, 5.74) is 1.35. The number of fused-ring (bicyclic) bond motifs is 3. The zero-order valence-corrected chi connectivity index (χ0v) is 23.2. The zero-order valence-electron chi connectivity index (χ0n) is 23.2. The van der Waals surface area contributed by atoms with E-state index in [1.54, 1.807) is 17.8 Å². The third-order valence-electron chi connectivity index (χ3n) is 5.94. The standard InChI is InChI=1S/C29H39N3O5/c1-10-35-19(5)22-14-23-21-11-12-30-18(4)26(21)27(33)32(9)24(23)15-25(22)36-16-20(13-17(2)3)31-28(34)37-29(6,7)8/h11-12,14-15,17,20H,5,10,13,16H2,1-4,6-9H3,(H,31,34)/t20-/m0/s1. The Balaban J connectivity index is 2.07. The molecule has 0 radical (unpaired) electrons. The quantitative estimate of drug-likeness (QED) is 0.293. The van der Waals surface area contributed by atoms with Gasteiger partial charge in [-0.2, -0.15) is 0 Å². The molecular weight excluding hydrogens is 470 g/mol. The molecule has 0 aliphatic heterocycles. The Morgan fingerprint density at radius 3 is 2.54 bits per heavy atom. The SMILES string of the molecule is C=C(OCC)c1cc2c3ccnc(C)c3c(=O)n(C)c2cc1OC[C@H](CC(C)C)NC(=O)OC(C)(C)C. The monoisotopic (exact) mass is 509 g/mol. The highest BCUT2D eigenvalue weighted by atomic mass is 16.6. The number of hydrogen-bond acceptors (Lipinski definition) is 6. The van der Waals surface area contributed by atoms with Crippen molar-refractivity contribution in [1.82, 2.24) is 14.9 Å². The topological polar surface area (TPSA) is 91.7 Å². The number of nitrogens with one attached hydrogen (secondary N) is 1. The first-order valence-corrected chi connectivity index (χ1v) is 12.7.